The van der Waals surface area contributed by atoms with Gasteiger partial charge in [-0.15, -0.1) is 0 Å². The van der Waals surface area contributed by atoms with Gasteiger partial charge in [0.1, 0.15) is 17.3 Å². The van der Waals surface area contributed by atoms with Crippen molar-refractivity contribution in [2.45, 2.75) is 27.2 Å². The first-order valence-electron chi connectivity index (χ1n) is 7.96. The van der Waals surface area contributed by atoms with Crippen LogP contribution in [0.3, 0.4) is 0 Å². The minimum absolute atomic E-state index is 0.242. The third kappa shape index (κ3) is 5.03. The third-order valence-electron chi connectivity index (χ3n) is 3.54. The van der Waals surface area contributed by atoms with E-state index in [1.165, 1.54) is 0 Å². The van der Waals surface area contributed by atoms with Crippen molar-refractivity contribution in [3.63, 3.8) is 0 Å². The number of aryl methyl sites for hydroxylation is 3. The summed E-state index contributed by atoms with van der Waals surface area (Å²) >= 11 is 0. The monoisotopic (exact) mass is 328 g/mol. The van der Waals surface area contributed by atoms with E-state index in [9.17, 15) is 4.79 Å². The van der Waals surface area contributed by atoms with Crippen molar-refractivity contribution in [3.8, 4) is 0 Å². The largest absolute Gasteiger partial charge is 0.385 e. The molecular formula is C18H24N4O2. The summed E-state index contributed by atoms with van der Waals surface area (Å²) in [7, 11) is 1.67. The van der Waals surface area contributed by atoms with E-state index in [1.54, 1.807) is 20.1 Å². The molecule has 2 aromatic rings. The van der Waals surface area contributed by atoms with Gasteiger partial charge in [0.25, 0.3) is 5.91 Å². The quantitative estimate of drug-likeness (QED) is 0.764. The standard InChI is InChI=1S/C18H24N4O2/c1-12-6-7-13(2)15(10-12)22-18(23)16-11-17(21-14(3)20-16)19-8-5-9-24-4/h6-7,10-11H,5,8-9H2,1-4H3,(H,22,23)(H,19,20,21). The molecule has 2 rings (SSSR count). The van der Waals surface area contributed by atoms with Crippen molar-refractivity contribution in [1.29, 1.82) is 0 Å². The number of anilines is 2. The number of benzene rings is 1. The fraction of sp³-hybridized carbons (Fsp3) is 0.389. The van der Waals surface area contributed by atoms with E-state index >= 15 is 0 Å². The van der Waals surface area contributed by atoms with Crippen LogP contribution in [0.2, 0.25) is 0 Å². The second-order valence-electron chi connectivity index (χ2n) is 5.73. The van der Waals surface area contributed by atoms with Crippen LogP contribution < -0.4 is 10.6 Å². The number of methoxy groups -OCH3 is 1. The average molecular weight is 328 g/mol. The first kappa shape index (κ1) is 17.9. The van der Waals surface area contributed by atoms with Gasteiger partial charge >= 0.3 is 0 Å². The van der Waals surface area contributed by atoms with Crippen LogP contribution in [0.4, 0.5) is 11.5 Å². The van der Waals surface area contributed by atoms with Crippen molar-refractivity contribution < 1.29 is 9.53 Å². The summed E-state index contributed by atoms with van der Waals surface area (Å²) in [6.07, 6.45) is 0.865. The number of ether oxygens (including phenoxy) is 1. The minimum Gasteiger partial charge on any atom is -0.385 e. The molecule has 0 atom stereocenters. The van der Waals surface area contributed by atoms with Crippen LogP contribution in [-0.2, 0) is 4.74 Å². The van der Waals surface area contributed by atoms with Gasteiger partial charge in [0.15, 0.2) is 0 Å². The zero-order valence-corrected chi connectivity index (χ0v) is 14.6. The lowest BCUT2D eigenvalue weighted by Crippen LogP contribution is -2.17. The summed E-state index contributed by atoms with van der Waals surface area (Å²) in [4.78, 5) is 21.1. The van der Waals surface area contributed by atoms with Gasteiger partial charge in [-0.2, -0.15) is 0 Å². The van der Waals surface area contributed by atoms with Crippen LogP contribution in [-0.4, -0.2) is 36.1 Å². The Morgan fingerprint density at radius 3 is 2.71 bits per heavy atom. The molecule has 0 saturated carbocycles. The van der Waals surface area contributed by atoms with Gasteiger partial charge in [-0.3, -0.25) is 4.79 Å². The Hall–Kier alpha value is -2.47. The number of aromatic nitrogens is 2. The number of carbonyl (C=O) groups excluding carboxylic acids is 1. The molecule has 6 heteroatoms. The van der Waals surface area contributed by atoms with E-state index in [4.69, 9.17) is 4.74 Å². The first-order chi connectivity index (χ1) is 11.5. The summed E-state index contributed by atoms with van der Waals surface area (Å²) in [6, 6.07) is 7.62. The molecule has 1 aromatic heterocycles. The fourth-order valence-electron chi connectivity index (χ4n) is 2.26. The zero-order chi connectivity index (χ0) is 17.5. The highest BCUT2D eigenvalue weighted by Crippen LogP contribution is 2.17. The van der Waals surface area contributed by atoms with Crippen molar-refractivity contribution in [2.75, 3.05) is 30.9 Å². The van der Waals surface area contributed by atoms with Gasteiger partial charge in [-0.25, -0.2) is 9.97 Å². The topological polar surface area (TPSA) is 76.1 Å². The van der Waals surface area contributed by atoms with Crippen molar-refractivity contribution >= 4 is 17.4 Å². The number of nitrogens with one attached hydrogen (secondary N) is 2. The highest BCUT2D eigenvalue weighted by molar-refractivity contribution is 6.03. The van der Waals surface area contributed by atoms with Crippen LogP contribution in [0, 0.1) is 20.8 Å². The second kappa shape index (κ2) is 8.40. The Morgan fingerprint density at radius 1 is 1.17 bits per heavy atom. The molecule has 0 aliphatic carbocycles. The van der Waals surface area contributed by atoms with Crippen molar-refractivity contribution in [1.82, 2.24) is 9.97 Å². The number of nitrogens with zero attached hydrogens (tertiary/aromatic N) is 2. The maximum absolute atomic E-state index is 12.5. The van der Waals surface area contributed by atoms with Crippen LogP contribution in [0.25, 0.3) is 0 Å². The number of carbonyl (C=O) groups is 1. The highest BCUT2D eigenvalue weighted by atomic mass is 16.5. The lowest BCUT2D eigenvalue weighted by Gasteiger charge is -2.11. The van der Waals surface area contributed by atoms with Gasteiger partial charge in [0, 0.05) is 32.0 Å². The lowest BCUT2D eigenvalue weighted by atomic mass is 10.1. The summed E-state index contributed by atoms with van der Waals surface area (Å²) in [6.45, 7) is 7.13. The van der Waals surface area contributed by atoms with E-state index in [-0.39, 0.29) is 5.91 Å². The molecule has 0 bridgehead atoms. The molecule has 0 radical (unpaired) electrons. The maximum atomic E-state index is 12.5. The highest BCUT2D eigenvalue weighted by Gasteiger charge is 2.12. The van der Waals surface area contributed by atoms with Crippen LogP contribution in [0.15, 0.2) is 24.3 Å². The molecule has 1 heterocycles. The van der Waals surface area contributed by atoms with E-state index < -0.39 is 0 Å². The summed E-state index contributed by atoms with van der Waals surface area (Å²) in [5.41, 5.74) is 3.25. The molecule has 1 aromatic carbocycles. The zero-order valence-electron chi connectivity index (χ0n) is 14.6. The smallest absolute Gasteiger partial charge is 0.274 e. The molecule has 0 aliphatic rings. The van der Waals surface area contributed by atoms with E-state index in [0.29, 0.717) is 23.9 Å². The predicted octanol–water partition coefficient (Wildman–Crippen LogP) is 3.10. The Morgan fingerprint density at radius 2 is 1.96 bits per heavy atom. The predicted molar refractivity (Wildman–Crippen MR) is 95.6 cm³/mol. The Labute approximate surface area is 142 Å². The molecule has 0 fully saturated rings. The molecule has 24 heavy (non-hydrogen) atoms. The van der Waals surface area contributed by atoms with Gasteiger partial charge in [0.2, 0.25) is 0 Å². The minimum atomic E-state index is -0.242. The normalized spacial score (nSPS) is 10.5. The molecule has 6 nitrogen and oxygen atoms in total. The summed E-state index contributed by atoms with van der Waals surface area (Å²) in [5.74, 6) is 0.955. The molecule has 1 amide bonds. The molecule has 2 N–H and O–H groups in total. The van der Waals surface area contributed by atoms with Gasteiger partial charge in [-0.1, -0.05) is 12.1 Å². The SMILES string of the molecule is COCCCNc1cc(C(=O)Nc2cc(C)ccc2C)nc(C)n1. The van der Waals surface area contributed by atoms with E-state index in [2.05, 4.69) is 20.6 Å². The molecule has 0 unspecified atom stereocenters. The number of hydrogen-bond acceptors (Lipinski definition) is 5. The van der Waals surface area contributed by atoms with Crippen LogP contribution >= 0.6 is 0 Å². The number of amides is 1. The fourth-order valence-corrected chi connectivity index (χ4v) is 2.26. The van der Waals surface area contributed by atoms with Gasteiger partial charge in [-0.05, 0) is 44.4 Å². The Balaban J connectivity index is 2.11. The molecule has 128 valence electrons. The Kier molecular flexibility index (Phi) is 6.26. The molecule has 0 saturated heterocycles. The average Bonchev–Trinajstić information content (AvgIpc) is 2.54. The second-order valence-corrected chi connectivity index (χ2v) is 5.73. The molecule has 0 spiro atoms. The maximum Gasteiger partial charge on any atom is 0.274 e. The molecule has 0 aliphatic heterocycles. The van der Waals surface area contributed by atoms with Crippen molar-refractivity contribution in [3.05, 3.63) is 46.9 Å². The summed E-state index contributed by atoms with van der Waals surface area (Å²) in [5, 5.41) is 6.11. The van der Waals surface area contributed by atoms with Crippen LogP contribution in [0.1, 0.15) is 33.9 Å². The van der Waals surface area contributed by atoms with Gasteiger partial charge in [0.05, 0.1) is 0 Å². The van der Waals surface area contributed by atoms with Crippen molar-refractivity contribution in [2.24, 2.45) is 0 Å². The Bertz CT molecular complexity index is 716. The number of hydrogen-bond donors (Lipinski definition) is 2. The van der Waals surface area contributed by atoms with E-state index in [0.717, 1.165) is 29.8 Å². The van der Waals surface area contributed by atoms with Crippen LogP contribution in [0.5, 0.6) is 0 Å². The molecular weight excluding hydrogens is 304 g/mol. The first-order valence-corrected chi connectivity index (χ1v) is 7.96. The van der Waals surface area contributed by atoms with Gasteiger partial charge < -0.3 is 15.4 Å². The lowest BCUT2D eigenvalue weighted by molar-refractivity contribution is 0.102. The third-order valence-corrected chi connectivity index (χ3v) is 3.54. The summed E-state index contributed by atoms with van der Waals surface area (Å²) < 4.78 is 5.02. The van der Waals surface area contributed by atoms with E-state index in [1.807, 2.05) is 32.0 Å². The number of rotatable bonds is 7.